The van der Waals surface area contributed by atoms with Crippen LogP contribution in [0.2, 0.25) is 5.02 Å². The molecule has 0 aliphatic carbocycles. The number of carbonyl (C=O) groups is 1. The maximum Gasteiger partial charge on any atom is 0.319 e. The van der Waals surface area contributed by atoms with Crippen LogP contribution in [0.3, 0.4) is 0 Å². The van der Waals surface area contributed by atoms with Gasteiger partial charge in [-0.25, -0.2) is 9.18 Å². The number of halogens is 2. The monoisotopic (exact) mass is 322 g/mol. The highest BCUT2D eigenvalue weighted by Gasteiger charge is 2.12. The van der Waals surface area contributed by atoms with Gasteiger partial charge in [0.25, 0.3) is 0 Å². The van der Waals surface area contributed by atoms with E-state index in [-0.39, 0.29) is 11.6 Å². The third kappa shape index (κ3) is 4.19. The van der Waals surface area contributed by atoms with Crippen LogP contribution in [0.15, 0.2) is 42.5 Å². The topological polar surface area (TPSA) is 61.4 Å². The first-order valence-corrected chi connectivity index (χ1v) is 7.08. The molecule has 0 saturated carbocycles. The van der Waals surface area contributed by atoms with Gasteiger partial charge < -0.3 is 15.7 Å². The van der Waals surface area contributed by atoms with Gasteiger partial charge in [-0.1, -0.05) is 35.9 Å². The van der Waals surface area contributed by atoms with Gasteiger partial charge in [-0.05, 0) is 36.2 Å². The second-order valence-electron chi connectivity index (χ2n) is 4.83. The highest BCUT2D eigenvalue weighted by molar-refractivity contribution is 6.33. The number of hydrogen-bond donors (Lipinski definition) is 3. The molecule has 0 aliphatic rings. The SMILES string of the molecule is Cc1ccccc1C(O)CNC(=O)Nc1ccc(F)cc1Cl. The van der Waals surface area contributed by atoms with E-state index in [4.69, 9.17) is 11.6 Å². The molecule has 3 N–H and O–H groups in total. The van der Waals surface area contributed by atoms with E-state index in [1.807, 2.05) is 25.1 Å². The lowest BCUT2D eigenvalue weighted by atomic mass is 10.0. The smallest absolute Gasteiger partial charge is 0.319 e. The molecule has 1 unspecified atom stereocenters. The summed E-state index contributed by atoms with van der Waals surface area (Å²) in [6, 6.07) is 10.5. The standard InChI is InChI=1S/C16H16ClFN2O2/c1-10-4-2-3-5-12(10)15(21)9-19-16(22)20-14-7-6-11(18)8-13(14)17/h2-8,15,21H,9H2,1H3,(H2,19,20,22). The summed E-state index contributed by atoms with van der Waals surface area (Å²) in [5.41, 5.74) is 1.99. The molecular formula is C16H16ClFN2O2. The van der Waals surface area contributed by atoms with Crippen molar-refractivity contribution in [3.63, 3.8) is 0 Å². The molecule has 2 amide bonds. The molecule has 0 radical (unpaired) electrons. The van der Waals surface area contributed by atoms with Crippen molar-refractivity contribution in [1.82, 2.24) is 5.32 Å². The van der Waals surface area contributed by atoms with Crippen LogP contribution in [0.5, 0.6) is 0 Å². The molecule has 1 atom stereocenters. The van der Waals surface area contributed by atoms with Crippen molar-refractivity contribution in [3.05, 3.63) is 64.4 Å². The van der Waals surface area contributed by atoms with E-state index in [0.29, 0.717) is 5.69 Å². The molecule has 0 spiro atoms. The average molecular weight is 323 g/mol. The number of anilines is 1. The molecule has 2 aromatic carbocycles. The van der Waals surface area contributed by atoms with Crippen LogP contribution < -0.4 is 10.6 Å². The number of nitrogens with one attached hydrogen (secondary N) is 2. The van der Waals surface area contributed by atoms with Crippen molar-refractivity contribution in [2.45, 2.75) is 13.0 Å². The molecule has 0 saturated heterocycles. The lowest BCUT2D eigenvalue weighted by molar-refractivity contribution is 0.174. The van der Waals surface area contributed by atoms with Gasteiger partial charge >= 0.3 is 6.03 Å². The number of carbonyl (C=O) groups excluding carboxylic acids is 1. The van der Waals surface area contributed by atoms with E-state index in [0.717, 1.165) is 17.2 Å². The Bertz CT molecular complexity index is 679. The van der Waals surface area contributed by atoms with E-state index >= 15 is 0 Å². The molecule has 0 aliphatic heterocycles. The highest BCUT2D eigenvalue weighted by Crippen LogP contribution is 2.22. The lowest BCUT2D eigenvalue weighted by Gasteiger charge is -2.15. The zero-order chi connectivity index (χ0) is 16.1. The Kier molecular flexibility index (Phi) is 5.35. The van der Waals surface area contributed by atoms with Gasteiger partial charge in [0, 0.05) is 6.54 Å². The summed E-state index contributed by atoms with van der Waals surface area (Å²) in [7, 11) is 0. The second-order valence-corrected chi connectivity index (χ2v) is 5.24. The lowest BCUT2D eigenvalue weighted by Crippen LogP contribution is -2.32. The van der Waals surface area contributed by atoms with Crippen LogP contribution in [-0.2, 0) is 0 Å². The molecule has 116 valence electrons. The molecule has 0 fully saturated rings. The minimum Gasteiger partial charge on any atom is -0.387 e. The third-order valence-electron chi connectivity index (χ3n) is 3.18. The molecule has 2 aromatic rings. The quantitative estimate of drug-likeness (QED) is 0.804. The minimum atomic E-state index is -0.810. The largest absolute Gasteiger partial charge is 0.387 e. The van der Waals surface area contributed by atoms with E-state index in [2.05, 4.69) is 10.6 Å². The Labute approximate surface area is 132 Å². The first-order valence-electron chi connectivity index (χ1n) is 6.71. The molecule has 22 heavy (non-hydrogen) atoms. The van der Waals surface area contributed by atoms with E-state index in [1.165, 1.54) is 12.1 Å². The molecule has 0 bridgehead atoms. The maximum atomic E-state index is 12.9. The maximum absolute atomic E-state index is 12.9. The van der Waals surface area contributed by atoms with Gasteiger partial charge in [-0.3, -0.25) is 0 Å². The number of urea groups is 1. The van der Waals surface area contributed by atoms with Crippen LogP contribution >= 0.6 is 11.6 Å². The summed E-state index contributed by atoms with van der Waals surface area (Å²) in [6.07, 6.45) is -0.810. The van der Waals surface area contributed by atoms with Crippen LogP contribution in [0, 0.1) is 12.7 Å². The second kappa shape index (κ2) is 7.24. The number of hydrogen-bond acceptors (Lipinski definition) is 2. The predicted octanol–water partition coefficient (Wildman–Crippen LogP) is 3.64. The molecule has 4 nitrogen and oxygen atoms in total. The van der Waals surface area contributed by atoms with Gasteiger partial charge in [0.1, 0.15) is 5.82 Å². The summed E-state index contributed by atoms with van der Waals surface area (Å²) >= 11 is 5.82. The van der Waals surface area contributed by atoms with Gasteiger partial charge in [0.2, 0.25) is 0 Å². The summed E-state index contributed by atoms with van der Waals surface area (Å²) in [6.45, 7) is 1.94. The third-order valence-corrected chi connectivity index (χ3v) is 3.50. The van der Waals surface area contributed by atoms with Crippen molar-refractivity contribution in [3.8, 4) is 0 Å². The molecular weight excluding hydrogens is 307 g/mol. The Morgan fingerprint density at radius 3 is 2.73 bits per heavy atom. The van der Waals surface area contributed by atoms with Gasteiger partial charge in [0.15, 0.2) is 0 Å². The number of aliphatic hydroxyl groups is 1. The highest BCUT2D eigenvalue weighted by atomic mass is 35.5. The first-order chi connectivity index (χ1) is 10.5. The normalized spacial score (nSPS) is 11.8. The fourth-order valence-corrected chi connectivity index (χ4v) is 2.23. The Balaban J connectivity index is 1.91. The van der Waals surface area contributed by atoms with Crippen LogP contribution in [0.1, 0.15) is 17.2 Å². The van der Waals surface area contributed by atoms with Crippen molar-refractivity contribution in [1.29, 1.82) is 0 Å². The molecule has 0 heterocycles. The van der Waals surface area contributed by atoms with Gasteiger partial charge in [-0.2, -0.15) is 0 Å². The fraction of sp³-hybridized carbons (Fsp3) is 0.188. The van der Waals surface area contributed by atoms with Gasteiger partial charge in [0.05, 0.1) is 16.8 Å². The zero-order valence-corrected chi connectivity index (χ0v) is 12.7. The minimum absolute atomic E-state index is 0.0511. The molecule has 6 heteroatoms. The summed E-state index contributed by atoms with van der Waals surface area (Å²) in [5, 5.41) is 15.2. The van der Waals surface area contributed by atoms with Crippen LogP contribution in [-0.4, -0.2) is 17.7 Å². The van der Waals surface area contributed by atoms with E-state index < -0.39 is 18.0 Å². The number of amides is 2. The van der Waals surface area contributed by atoms with Crippen LogP contribution in [0.25, 0.3) is 0 Å². The van der Waals surface area contributed by atoms with Crippen molar-refractivity contribution in [2.24, 2.45) is 0 Å². The van der Waals surface area contributed by atoms with Gasteiger partial charge in [-0.15, -0.1) is 0 Å². The summed E-state index contributed by atoms with van der Waals surface area (Å²) in [4.78, 5) is 11.8. The number of aliphatic hydroxyl groups excluding tert-OH is 1. The van der Waals surface area contributed by atoms with Crippen LogP contribution in [0.4, 0.5) is 14.9 Å². The summed E-state index contributed by atoms with van der Waals surface area (Å²) in [5.74, 6) is -0.481. The Hall–Kier alpha value is -2.11. The Morgan fingerprint density at radius 2 is 2.05 bits per heavy atom. The fourth-order valence-electron chi connectivity index (χ4n) is 2.02. The Morgan fingerprint density at radius 1 is 1.32 bits per heavy atom. The molecule has 0 aromatic heterocycles. The summed E-state index contributed by atoms with van der Waals surface area (Å²) < 4.78 is 12.9. The van der Waals surface area contributed by atoms with E-state index in [1.54, 1.807) is 6.07 Å². The predicted molar refractivity (Wildman–Crippen MR) is 84.6 cm³/mol. The molecule has 2 rings (SSSR count). The van der Waals surface area contributed by atoms with Crippen molar-refractivity contribution in [2.75, 3.05) is 11.9 Å². The van der Waals surface area contributed by atoms with Crippen molar-refractivity contribution < 1.29 is 14.3 Å². The first kappa shape index (κ1) is 16.3. The van der Waals surface area contributed by atoms with Crippen molar-refractivity contribution >= 4 is 23.3 Å². The number of aryl methyl sites for hydroxylation is 1. The zero-order valence-electron chi connectivity index (χ0n) is 11.9. The number of benzene rings is 2. The average Bonchev–Trinajstić information content (AvgIpc) is 2.48. The van der Waals surface area contributed by atoms with E-state index in [9.17, 15) is 14.3 Å². The number of rotatable bonds is 4.